The van der Waals surface area contributed by atoms with Gasteiger partial charge in [0, 0.05) is 24.0 Å². The van der Waals surface area contributed by atoms with Crippen molar-refractivity contribution in [1.82, 2.24) is 4.90 Å². The zero-order chi connectivity index (χ0) is 15.2. The van der Waals surface area contributed by atoms with Crippen LogP contribution in [0, 0.1) is 5.92 Å². The summed E-state index contributed by atoms with van der Waals surface area (Å²) in [5.74, 6) is 0.659. The van der Waals surface area contributed by atoms with E-state index < -0.39 is 6.03 Å². The van der Waals surface area contributed by atoms with Crippen LogP contribution in [0.25, 0.3) is 0 Å². The summed E-state index contributed by atoms with van der Waals surface area (Å²) in [6.07, 6.45) is 2.54. The lowest BCUT2D eigenvalue weighted by atomic mass is 9.91. The fraction of sp³-hybridized carbons (Fsp3) is 0.562. The topological polar surface area (TPSA) is 70.4 Å². The maximum atomic E-state index is 10.9. The van der Waals surface area contributed by atoms with Crippen LogP contribution in [0.4, 0.5) is 16.2 Å². The highest BCUT2D eigenvalue weighted by atomic mass is 16.2. The number of rotatable bonds is 5. The highest BCUT2D eigenvalue weighted by Crippen LogP contribution is 2.23. The molecule has 21 heavy (non-hydrogen) atoms. The number of anilines is 2. The van der Waals surface area contributed by atoms with Crippen molar-refractivity contribution in [3.05, 3.63) is 24.3 Å². The molecule has 2 rings (SSSR count). The number of amides is 2. The van der Waals surface area contributed by atoms with Gasteiger partial charge in [-0.15, -0.1) is 0 Å². The second-order valence-electron chi connectivity index (χ2n) is 5.80. The van der Waals surface area contributed by atoms with Crippen molar-refractivity contribution in [1.29, 1.82) is 0 Å². The molecule has 0 aliphatic carbocycles. The Labute approximate surface area is 126 Å². The lowest BCUT2D eigenvalue weighted by molar-refractivity contribution is 0.172. The Kier molecular flexibility index (Phi) is 5.44. The van der Waals surface area contributed by atoms with E-state index in [1.807, 2.05) is 24.3 Å². The van der Waals surface area contributed by atoms with E-state index in [2.05, 4.69) is 29.4 Å². The molecular weight excluding hydrogens is 264 g/mol. The predicted molar refractivity (Wildman–Crippen MR) is 87.6 cm³/mol. The summed E-state index contributed by atoms with van der Waals surface area (Å²) in [6.45, 7) is 7.96. The molecule has 5 nitrogen and oxygen atoms in total. The van der Waals surface area contributed by atoms with Gasteiger partial charge < -0.3 is 21.3 Å². The molecular formula is C16H26N4O. The van der Waals surface area contributed by atoms with Gasteiger partial charge in [0.2, 0.25) is 0 Å². The summed E-state index contributed by atoms with van der Waals surface area (Å²) in [4.78, 5) is 13.4. The molecule has 0 saturated carbocycles. The van der Waals surface area contributed by atoms with Crippen molar-refractivity contribution in [2.45, 2.75) is 32.7 Å². The molecule has 4 N–H and O–H groups in total. The van der Waals surface area contributed by atoms with Gasteiger partial charge in [-0.05, 0) is 57.0 Å². The van der Waals surface area contributed by atoms with Crippen LogP contribution in [0.1, 0.15) is 26.7 Å². The van der Waals surface area contributed by atoms with E-state index in [-0.39, 0.29) is 0 Å². The third-order valence-corrected chi connectivity index (χ3v) is 4.22. The standard InChI is InChI=1S/C16H26N4O/c1-3-20-9-5-6-13(11-20)12(2)18-14-7-4-8-15(10-14)19-16(17)21/h4,7-8,10,12-13,18H,3,5-6,9,11H2,1-2H3,(H3,17,19,21). The Bertz CT molecular complexity index is 477. The zero-order valence-corrected chi connectivity index (χ0v) is 12.9. The molecule has 1 aromatic carbocycles. The van der Waals surface area contributed by atoms with Crippen molar-refractivity contribution >= 4 is 17.4 Å². The first-order valence-corrected chi connectivity index (χ1v) is 7.74. The fourth-order valence-electron chi connectivity index (χ4n) is 3.00. The average Bonchev–Trinajstić information content (AvgIpc) is 2.47. The van der Waals surface area contributed by atoms with Gasteiger partial charge in [0.05, 0.1) is 0 Å². The molecule has 116 valence electrons. The number of benzene rings is 1. The van der Waals surface area contributed by atoms with Crippen molar-refractivity contribution in [2.24, 2.45) is 11.7 Å². The molecule has 5 heteroatoms. The lowest BCUT2D eigenvalue weighted by Gasteiger charge is -2.35. The van der Waals surface area contributed by atoms with E-state index in [4.69, 9.17) is 5.73 Å². The quantitative estimate of drug-likeness (QED) is 0.781. The summed E-state index contributed by atoms with van der Waals surface area (Å²) < 4.78 is 0. The van der Waals surface area contributed by atoms with Gasteiger partial charge in [0.25, 0.3) is 0 Å². The van der Waals surface area contributed by atoms with Crippen molar-refractivity contribution in [3.8, 4) is 0 Å². The molecule has 1 aromatic rings. The Morgan fingerprint density at radius 2 is 2.24 bits per heavy atom. The summed E-state index contributed by atoms with van der Waals surface area (Å²) in [6, 6.07) is 7.55. The predicted octanol–water partition coefficient (Wildman–Crippen LogP) is 2.71. The van der Waals surface area contributed by atoms with Gasteiger partial charge in [-0.25, -0.2) is 4.79 Å². The van der Waals surface area contributed by atoms with Crippen molar-refractivity contribution in [3.63, 3.8) is 0 Å². The Morgan fingerprint density at radius 1 is 1.48 bits per heavy atom. The summed E-state index contributed by atoms with van der Waals surface area (Å²) in [7, 11) is 0. The van der Waals surface area contributed by atoms with Gasteiger partial charge in [-0.3, -0.25) is 0 Å². The number of piperidine rings is 1. The lowest BCUT2D eigenvalue weighted by Crippen LogP contribution is -2.41. The van der Waals surface area contributed by atoms with Gasteiger partial charge in [-0.2, -0.15) is 0 Å². The number of nitrogens with one attached hydrogen (secondary N) is 2. The Hall–Kier alpha value is -1.75. The largest absolute Gasteiger partial charge is 0.382 e. The average molecular weight is 290 g/mol. The van der Waals surface area contributed by atoms with Gasteiger partial charge in [0.1, 0.15) is 0 Å². The number of primary amides is 1. The van der Waals surface area contributed by atoms with Gasteiger partial charge in [0.15, 0.2) is 0 Å². The number of carbonyl (C=O) groups excluding carboxylic acids is 1. The first kappa shape index (κ1) is 15.6. The Balaban J connectivity index is 1.95. The summed E-state index contributed by atoms with van der Waals surface area (Å²) in [5, 5.41) is 6.16. The smallest absolute Gasteiger partial charge is 0.316 e. The van der Waals surface area contributed by atoms with Gasteiger partial charge >= 0.3 is 6.03 Å². The minimum absolute atomic E-state index is 0.406. The summed E-state index contributed by atoms with van der Waals surface area (Å²) in [5.41, 5.74) is 6.88. The minimum Gasteiger partial charge on any atom is -0.382 e. The molecule has 0 spiro atoms. The molecule has 1 aliphatic rings. The molecule has 1 saturated heterocycles. The third kappa shape index (κ3) is 4.63. The zero-order valence-electron chi connectivity index (χ0n) is 12.9. The molecule has 1 fully saturated rings. The molecule has 0 radical (unpaired) electrons. The van der Waals surface area contributed by atoms with E-state index in [1.165, 1.54) is 19.4 Å². The number of nitrogens with zero attached hydrogens (tertiary/aromatic N) is 1. The first-order chi connectivity index (χ1) is 10.1. The maximum absolute atomic E-state index is 10.9. The number of nitrogens with two attached hydrogens (primary N) is 1. The SMILES string of the molecule is CCN1CCCC(C(C)Nc2cccc(NC(N)=O)c2)C1. The van der Waals surface area contributed by atoms with Crippen LogP contribution in [0.3, 0.4) is 0 Å². The Morgan fingerprint density at radius 3 is 2.95 bits per heavy atom. The van der Waals surface area contributed by atoms with Gasteiger partial charge in [-0.1, -0.05) is 13.0 Å². The second kappa shape index (κ2) is 7.31. The van der Waals surface area contributed by atoms with Crippen molar-refractivity contribution < 1.29 is 4.79 Å². The first-order valence-electron chi connectivity index (χ1n) is 7.74. The molecule has 1 heterocycles. The minimum atomic E-state index is -0.536. The number of hydrogen-bond donors (Lipinski definition) is 3. The number of hydrogen-bond acceptors (Lipinski definition) is 3. The molecule has 2 unspecified atom stereocenters. The monoisotopic (exact) mass is 290 g/mol. The van der Waals surface area contributed by atoms with Crippen LogP contribution >= 0.6 is 0 Å². The normalized spacial score (nSPS) is 20.8. The highest BCUT2D eigenvalue weighted by Gasteiger charge is 2.23. The number of urea groups is 1. The molecule has 2 atom stereocenters. The molecule has 0 aromatic heterocycles. The van der Waals surface area contributed by atoms with Crippen LogP contribution in [-0.4, -0.2) is 36.6 Å². The van der Waals surface area contributed by atoms with E-state index in [0.29, 0.717) is 12.0 Å². The molecule has 2 amide bonds. The second-order valence-corrected chi connectivity index (χ2v) is 5.80. The van der Waals surface area contributed by atoms with Crippen LogP contribution in [0.5, 0.6) is 0 Å². The number of carbonyl (C=O) groups is 1. The maximum Gasteiger partial charge on any atom is 0.316 e. The highest BCUT2D eigenvalue weighted by molar-refractivity contribution is 5.88. The fourth-order valence-corrected chi connectivity index (χ4v) is 3.00. The van der Waals surface area contributed by atoms with E-state index >= 15 is 0 Å². The molecule has 0 bridgehead atoms. The van der Waals surface area contributed by atoms with Crippen LogP contribution < -0.4 is 16.4 Å². The van der Waals surface area contributed by atoms with E-state index in [1.54, 1.807) is 0 Å². The number of likely N-dealkylation sites (tertiary alicyclic amines) is 1. The van der Waals surface area contributed by atoms with Crippen molar-refractivity contribution in [2.75, 3.05) is 30.3 Å². The van der Waals surface area contributed by atoms with Crippen LogP contribution in [-0.2, 0) is 0 Å². The molecule has 1 aliphatic heterocycles. The third-order valence-electron chi connectivity index (χ3n) is 4.22. The van der Waals surface area contributed by atoms with E-state index in [9.17, 15) is 4.79 Å². The summed E-state index contributed by atoms with van der Waals surface area (Å²) >= 11 is 0. The van der Waals surface area contributed by atoms with Crippen LogP contribution in [0.15, 0.2) is 24.3 Å². The van der Waals surface area contributed by atoms with E-state index in [0.717, 1.165) is 24.5 Å². The van der Waals surface area contributed by atoms with Crippen LogP contribution in [0.2, 0.25) is 0 Å².